The number of hydrogen-bond acceptors (Lipinski definition) is 1. The highest BCUT2D eigenvalue weighted by molar-refractivity contribution is 5.72. The van der Waals surface area contributed by atoms with Gasteiger partial charge in [0.25, 0.3) is 0 Å². The Labute approximate surface area is 79.6 Å². The van der Waals surface area contributed by atoms with Crippen LogP contribution in [0.2, 0.25) is 0 Å². The molecule has 0 aromatic heterocycles. The first-order valence-electron chi connectivity index (χ1n) is 4.80. The number of allylic oxidation sites excluding steroid dienone is 1. The van der Waals surface area contributed by atoms with Crippen LogP contribution in [0.25, 0.3) is 0 Å². The number of hydrogen-bond donors (Lipinski definition) is 1. The first kappa shape index (κ1) is 10.3. The molecule has 1 aliphatic carbocycles. The van der Waals surface area contributed by atoms with Crippen LogP contribution in [0.4, 0.5) is 0 Å². The van der Waals surface area contributed by atoms with Gasteiger partial charge in [-0.15, -0.1) is 0 Å². The summed E-state index contributed by atoms with van der Waals surface area (Å²) < 4.78 is 0. The first-order chi connectivity index (χ1) is 5.91. The Morgan fingerprint density at radius 1 is 1.46 bits per heavy atom. The highest BCUT2D eigenvalue weighted by atomic mass is 16.4. The van der Waals surface area contributed by atoms with Crippen molar-refractivity contribution in [3.63, 3.8) is 0 Å². The summed E-state index contributed by atoms with van der Waals surface area (Å²) in [6.07, 6.45) is 5.64. The molecule has 0 aliphatic heterocycles. The van der Waals surface area contributed by atoms with E-state index >= 15 is 0 Å². The smallest absolute Gasteiger partial charge is 0.310 e. The molecule has 74 valence electrons. The fourth-order valence-corrected chi connectivity index (χ4v) is 1.78. The largest absolute Gasteiger partial charge is 0.481 e. The van der Waals surface area contributed by atoms with Crippen molar-refractivity contribution in [1.82, 2.24) is 0 Å². The number of aliphatic carboxylic acids is 1. The summed E-state index contributed by atoms with van der Waals surface area (Å²) in [5.41, 5.74) is 0.221. The third-order valence-electron chi connectivity index (χ3n) is 2.87. The SMILES string of the molecule is CC(C)(C)C1CC=CC(C(=O)O)C1. The van der Waals surface area contributed by atoms with Crippen LogP contribution in [0.3, 0.4) is 0 Å². The fraction of sp³-hybridized carbons (Fsp3) is 0.727. The zero-order chi connectivity index (χ0) is 10.1. The molecule has 0 saturated heterocycles. The van der Waals surface area contributed by atoms with Crippen LogP contribution in [0, 0.1) is 17.3 Å². The molecule has 0 radical (unpaired) electrons. The van der Waals surface area contributed by atoms with Crippen LogP contribution in [-0.4, -0.2) is 11.1 Å². The number of carboxylic acid groups (broad SMARTS) is 1. The van der Waals surface area contributed by atoms with E-state index in [9.17, 15) is 4.79 Å². The Hall–Kier alpha value is -0.790. The van der Waals surface area contributed by atoms with Gasteiger partial charge in [0.2, 0.25) is 0 Å². The second-order valence-corrected chi connectivity index (χ2v) is 4.91. The predicted molar refractivity (Wildman–Crippen MR) is 52.4 cm³/mol. The molecule has 13 heavy (non-hydrogen) atoms. The Morgan fingerprint density at radius 2 is 2.08 bits per heavy atom. The van der Waals surface area contributed by atoms with Crippen molar-refractivity contribution in [2.24, 2.45) is 17.3 Å². The van der Waals surface area contributed by atoms with Crippen LogP contribution >= 0.6 is 0 Å². The van der Waals surface area contributed by atoms with Gasteiger partial charge in [-0.2, -0.15) is 0 Å². The van der Waals surface area contributed by atoms with E-state index in [0.717, 1.165) is 12.8 Å². The van der Waals surface area contributed by atoms with Crippen molar-refractivity contribution in [2.75, 3.05) is 0 Å². The molecule has 2 heteroatoms. The number of carbonyl (C=O) groups is 1. The van der Waals surface area contributed by atoms with E-state index < -0.39 is 5.97 Å². The molecular weight excluding hydrogens is 164 g/mol. The van der Waals surface area contributed by atoms with E-state index in [4.69, 9.17) is 5.11 Å². The lowest BCUT2D eigenvalue weighted by Gasteiger charge is -2.33. The second-order valence-electron chi connectivity index (χ2n) is 4.91. The zero-order valence-corrected chi connectivity index (χ0v) is 8.58. The van der Waals surface area contributed by atoms with Gasteiger partial charge in [-0.1, -0.05) is 32.9 Å². The average Bonchev–Trinajstić information content (AvgIpc) is 2.03. The lowest BCUT2D eigenvalue weighted by molar-refractivity contribution is -0.141. The van der Waals surface area contributed by atoms with Crippen LogP contribution in [0.15, 0.2) is 12.2 Å². The minimum Gasteiger partial charge on any atom is -0.481 e. The lowest BCUT2D eigenvalue weighted by atomic mass is 9.72. The minimum atomic E-state index is -0.690. The molecule has 1 aliphatic rings. The maximum atomic E-state index is 10.8. The molecule has 0 aromatic rings. The van der Waals surface area contributed by atoms with Gasteiger partial charge in [-0.3, -0.25) is 4.79 Å². The summed E-state index contributed by atoms with van der Waals surface area (Å²) >= 11 is 0. The third-order valence-corrected chi connectivity index (χ3v) is 2.87. The average molecular weight is 182 g/mol. The summed E-state index contributed by atoms with van der Waals surface area (Å²) in [6.45, 7) is 6.53. The van der Waals surface area contributed by atoms with E-state index in [1.54, 1.807) is 0 Å². The van der Waals surface area contributed by atoms with Crippen molar-refractivity contribution in [3.8, 4) is 0 Å². The van der Waals surface area contributed by atoms with Crippen LogP contribution in [-0.2, 0) is 4.79 Å². The van der Waals surface area contributed by atoms with E-state index in [-0.39, 0.29) is 11.3 Å². The Bertz CT molecular complexity index is 223. The molecular formula is C11H18O2. The third kappa shape index (κ3) is 2.58. The number of carboxylic acids is 1. The van der Waals surface area contributed by atoms with Crippen molar-refractivity contribution in [1.29, 1.82) is 0 Å². The van der Waals surface area contributed by atoms with Gasteiger partial charge in [0.15, 0.2) is 0 Å². The van der Waals surface area contributed by atoms with Gasteiger partial charge in [0, 0.05) is 0 Å². The predicted octanol–water partition coefficient (Wildman–Crippen LogP) is 2.70. The van der Waals surface area contributed by atoms with Gasteiger partial charge in [-0.05, 0) is 24.2 Å². The molecule has 0 aromatic carbocycles. The van der Waals surface area contributed by atoms with Crippen molar-refractivity contribution >= 4 is 5.97 Å². The Morgan fingerprint density at radius 3 is 2.54 bits per heavy atom. The maximum Gasteiger partial charge on any atom is 0.310 e. The summed E-state index contributed by atoms with van der Waals surface area (Å²) in [6, 6.07) is 0. The summed E-state index contributed by atoms with van der Waals surface area (Å²) in [7, 11) is 0. The topological polar surface area (TPSA) is 37.3 Å². The van der Waals surface area contributed by atoms with Crippen molar-refractivity contribution < 1.29 is 9.90 Å². The van der Waals surface area contributed by atoms with E-state index in [1.807, 2.05) is 12.2 Å². The normalized spacial score (nSPS) is 28.8. The van der Waals surface area contributed by atoms with Gasteiger partial charge >= 0.3 is 5.97 Å². The number of rotatable bonds is 1. The van der Waals surface area contributed by atoms with Crippen LogP contribution in [0.1, 0.15) is 33.6 Å². The fourth-order valence-electron chi connectivity index (χ4n) is 1.78. The van der Waals surface area contributed by atoms with E-state index in [0.29, 0.717) is 5.92 Å². The molecule has 2 unspecified atom stereocenters. The monoisotopic (exact) mass is 182 g/mol. The molecule has 1 rings (SSSR count). The lowest BCUT2D eigenvalue weighted by Crippen LogP contribution is -2.27. The molecule has 2 nitrogen and oxygen atoms in total. The van der Waals surface area contributed by atoms with E-state index in [2.05, 4.69) is 20.8 Å². The van der Waals surface area contributed by atoms with E-state index in [1.165, 1.54) is 0 Å². The molecule has 1 N–H and O–H groups in total. The quantitative estimate of drug-likeness (QED) is 0.633. The molecule has 0 spiro atoms. The van der Waals surface area contributed by atoms with Crippen molar-refractivity contribution in [2.45, 2.75) is 33.6 Å². The molecule has 0 amide bonds. The standard InChI is InChI=1S/C11H18O2/c1-11(2,3)9-6-4-5-8(7-9)10(12)13/h4-5,8-9H,6-7H2,1-3H3,(H,12,13). The highest BCUT2D eigenvalue weighted by Crippen LogP contribution is 2.37. The van der Waals surface area contributed by atoms with Gasteiger partial charge in [0.1, 0.15) is 0 Å². The van der Waals surface area contributed by atoms with Gasteiger partial charge < -0.3 is 5.11 Å². The molecule has 0 fully saturated rings. The van der Waals surface area contributed by atoms with Gasteiger partial charge in [0.05, 0.1) is 5.92 Å². The maximum absolute atomic E-state index is 10.8. The summed E-state index contributed by atoms with van der Waals surface area (Å²) in [5.74, 6) is -0.457. The first-order valence-corrected chi connectivity index (χ1v) is 4.80. The summed E-state index contributed by atoms with van der Waals surface area (Å²) in [4.78, 5) is 10.8. The minimum absolute atomic E-state index is 0.221. The zero-order valence-electron chi connectivity index (χ0n) is 8.58. The highest BCUT2D eigenvalue weighted by Gasteiger charge is 2.30. The Balaban J connectivity index is 2.66. The van der Waals surface area contributed by atoms with Crippen molar-refractivity contribution in [3.05, 3.63) is 12.2 Å². The second kappa shape index (κ2) is 3.52. The van der Waals surface area contributed by atoms with Crippen LogP contribution < -0.4 is 0 Å². The molecule has 0 bridgehead atoms. The molecule has 0 heterocycles. The Kier molecular flexibility index (Phi) is 2.79. The summed E-state index contributed by atoms with van der Waals surface area (Å²) in [5, 5.41) is 8.87. The molecule has 2 atom stereocenters. The van der Waals surface area contributed by atoms with Gasteiger partial charge in [-0.25, -0.2) is 0 Å². The van der Waals surface area contributed by atoms with Crippen LogP contribution in [0.5, 0.6) is 0 Å². The molecule has 0 saturated carbocycles.